The van der Waals surface area contributed by atoms with Crippen molar-refractivity contribution in [1.82, 2.24) is 9.38 Å². The molecule has 0 fully saturated rings. The lowest BCUT2D eigenvalue weighted by atomic mass is 10.1. The maximum atomic E-state index is 12.0. The first kappa shape index (κ1) is 13.8. The third-order valence-electron chi connectivity index (χ3n) is 3.12. The van der Waals surface area contributed by atoms with Crippen molar-refractivity contribution in [1.29, 1.82) is 0 Å². The topological polar surface area (TPSA) is 43.6 Å². The van der Waals surface area contributed by atoms with Gasteiger partial charge in [-0.3, -0.25) is 9.20 Å². The molecule has 0 saturated carbocycles. The number of rotatable bonds is 3. The Morgan fingerprint density at radius 1 is 1.14 bits per heavy atom. The van der Waals surface area contributed by atoms with Gasteiger partial charge in [0, 0.05) is 17.1 Å². The smallest absolute Gasteiger partial charge is 0.258 e. The van der Waals surface area contributed by atoms with Crippen LogP contribution in [0.3, 0.4) is 0 Å². The molecular formula is C16H16N2O2S. The van der Waals surface area contributed by atoms with Crippen LogP contribution in [0.2, 0.25) is 0 Å². The highest BCUT2D eigenvalue weighted by Crippen LogP contribution is 2.18. The van der Waals surface area contributed by atoms with Crippen LogP contribution in [0.1, 0.15) is 21.7 Å². The lowest BCUT2D eigenvalue weighted by Gasteiger charge is -2.07. The second kappa shape index (κ2) is 5.33. The second-order valence-electron chi connectivity index (χ2n) is 5.19. The van der Waals surface area contributed by atoms with Crippen LogP contribution in [0.4, 0.5) is 0 Å². The van der Waals surface area contributed by atoms with Crippen molar-refractivity contribution in [2.45, 2.75) is 27.4 Å². The Labute approximate surface area is 126 Å². The molecule has 0 unspecified atom stereocenters. The molecule has 2 heterocycles. The van der Waals surface area contributed by atoms with Crippen molar-refractivity contribution in [2.75, 3.05) is 0 Å². The first-order chi connectivity index (χ1) is 10.0. The number of aryl methyl sites for hydroxylation is 3. The summed E-state index contributed by atoms with van der Waals surface area (Å²) in [6.45, 7) is 6.33. The van der Waals surface area contributed by atoms with Gasteiger partial charge in [-0.1, -0.05) is 6.07 Å². The molecule has 3 aromatic rings. The molecular weight excluding hydrogens is 284 g/mol. The zero-order valence-electron chi connectivity index (χ0n) is 12.2. The van der Waals surface area contributed by atoms with E-state index in [1.165, 1.54) is 17.4 Å². The number of nitrogens with zero attached hydrogens (tertiary/aromatic N) is 2. The monoisotopic (exact) mass is 300 g/mol. The third-order valence-corrected chi connectivity index (χ3v) is 4.02. The molecule has 0 radical (unpaired) electrons. The lowest BCUT2D eigenvalue weighted by molar-refractivity contribution is 0.301. The minimum absolute atomic E-state index is 0.0663. The number of benzene rings is 1. The summed E-state index contributed by atoms with van der Waals surface area (Å²) in [5, 5.41) is 0. The van der Waals surface area contributed by atoms with Crippen molar-refractivity contribution >= 4 is 16.3 Å². The number of ether oxygens (including phenoxy) is 1. The van der Waals surface area contributed by atoms with E-state index in [0.29, 0.717) is 17.3 Å². The van der Waals surface area contributed by atoms with Gasteiger partial charge in [-0.25, -0.2) is 4.98 Å². The molecule has 21 heavy (non-hydrogen) atoms. The maximum absolute atomic E-state index is 12.0. The molecule has 0 N–H and O–H groups in total. The predicted molar refractivity (Wildman–Crippen MR) is 84.3 cm³/mol. The van der Waals surface area contributed by atoms with Crippen molar-refractivity contribution in [2.24, 2.45) is 0 Å². The van der Waals surface area contributed by atoms with Crippen LogP contribution in [0, 0.1) is 20.8 Å². The number of hydrogen-bond acceptors (Lipinski definition) is 4. The first-order valence-electron chi connectivity index (χ1n) is 6.71. The van der Waals surface area contributed by atoms with Crippen LogP contribution in [0.15, 0.2) is 35.3 Å². The van der Waals surface area contributed by atoms with E-state index >= 15 is 0 Å². The summed E-state index contributed by atoms with van der Waals surface area (Å²) in [5.41, 5.74) is 2.90. The summed E-state index contributed by atoms with van der Waals surface area (Å²) in [6.07, 6.45) is 1.81. The fourth-order valence-electron chi connectivity index (χ4n) is 2.31. The average molecular weight is 300 g/mol. The lowest BCUT2D eigenvalue weighted by Crippen LogP contribution is -2.14. The summed E-state index contributed by atoms with van der Waals surface area (Å²) < 4.78 is 7.33. The van der Waals surface area contributed by atoms with Gasteiger partial charge in [0.1, 0.15) is 12.4 Å². The van der Waals surface area contributed by atoms with Crippen molar-refractivity contribution in [3.63, 3.8) is 0 Å². The molecule has 0 saturated heterocycles. The number of hydrogen-bond donors (Lipinski definition) is 0. The number of thiazole rings is 1. The van der Waals surface area contributed by atoms with Crippen LogP contribution in [-0.2, 0) is 6.61 Å². The normalized spacial score (nSPS) is 11.0. The molecule has 2 aromatic heterocycles. The van der Waals surface area contributed by atoms with Gasteiger partial charge in [0.2, 0.25) is 0 Å². The average Bonchev–Trinajstić information content (AvgIpc) is 2.76. The van der Waals surface area contributed by atoms with E-state index in [9.17, 15) is 4.79 Å². The van der Waals surface area contributed by atoms with Gasteiger partial charge in [-0.05, 0) is 44.0 Å². The molecule has 4 nitrogen and oxygen atoms in total. The van der Waals surface area contributed by atoms with E-state index in [1.807, 2.05) is 39.1 Å². The van der Waals surface area contributed by atoms with E-state index in [0.717, 1.165) is 21.8 Å². The van der Waals surface area contributed by atoms with Crippen LogP contribution >= 0.6 is 11.3 Å². The summed E-state index contributed by atoms with van der Waals surface area (Å²) in [4.78, 5) is 18.2. The first-order valence-corrected chi connectivity index (χ1v) is 7.53. The Bertz CT molecular complexity index is 844. The zero-order valence-corrected chi connectivity index (χ0v) is 13.0. The van der Waals surface area contributed by atoms with Crippen molar-refractivity contribution < 1.29 is 4.74 Å². The number of aromatic nitrogens is 2. The Hall–Kier alpha value is -2.14. The minimum Gasteiger partial charge on any atom is -0.487 e. The van der Waals surface area contributed by atoms with Gasteiger partial charge in [0.05, 0.1) is 5.69 Å². The maximum Gasteiger partial charge on any atom is 0.258 e. The van der Waals surface area contributed by atoms with Crippen LogP contribution < -0.4 is 10.3 Å². The van der Waals surface area contributed by atoms with Crippen molar-refractivity contribution in [3.8, 4) is 5.75 Å². The van der Waals surface area contributed by atoms with Crippen LogP contribution in [0.5, 0.6) is 5.75 Å². The Kier molecular flexibility index (Phi) is 3.51. The molecule has 0 bridgehead atoms. The standard InChI is InChI=1S/C16H16N2O2S/c1-10-4-11(2)6-14(5-10)20-9-13-7-15(19)18-8-12(3)21-16(18)17-13/h4-8H,9H2,1-3H3. The van der Waals surface area contributed by atoms with E-state index in [-0.39, 0.29) is 5.56 Å². The van der Waals surface area contributed by atoms with Gasteiger partial charge in [0.15, 0.2) is 4.96 Å². The van der Waals surface area contributed by atoms with Gasteiger partial charge in [-0.15, -0.1) is 11.3 Å². The largest absolute Gasteiger partial charge is 0.487 e. The summed E-state index contributed by atoms with van der Waals surface area (Å²) in [7, 11) is 0. The van der Waals surface area contributed by atoms with Crippen molar-refractivity contribution in [3.05, 3.63) is 62.5 Å². The molecule has 0 aliphatic heterocycles. The molecule has 108 valence electrons. The van der Waals surface area contributed by atoms with E-state index in [2.05, 4.69) is 11.1 Å². The molecule has 3 rings (SSSR count). The van der Waals surface area contributed by atoms with Gasteiger partial charge >= 0.3 is 0 Å². The molecule has 0 spiro atoms. The summed E-state index contributed by atoms with van der Waals surface area (Å²) in [5.74, 6) is 0.803. The van der Waals surface area contributed by atoms with E-state index < -0.39 is 0 Å². The Balaban J connectivity index is 1.86. The zero-order chi connectivity index (χ0) is 15.0. The van der Waals surface area contributed by atoms with E-state index in [4.69, 9.17) is 4.74 Å². The summed E-state index contributed by atoms with van der Waals surface area (Å²) >= 11 is 1.50. The second-order valence-corrected chi connectivity index (χ2v) is 6.41. The molecule has 1 aromatic carbocycles. The molecule has 0 amide bonds. The quantitative estimate of drug-likeness (QED) is 0.745. The highest BCUT2D eigenvalue weighted by molar-refractivity contribution is 7.16. The van der Waals surface area contributed by atoms with Gasteiger partial charge in [0.25, 0.3) is 5.56 Å². The highest BCUT2D eigenvalue weighted by Gasteiger charge is 2.06. The summed E-state index contributed by atoms with van der Waals surface area (Å²) in [6, 6.07) is 7.58. The minimum atomic E-state index is -0.0663. The van der Waals surface area contributed by atoms with Gasteiger partial charge in [-0.2, -0.15) is 0 Å². The molecule has 5 heteroatoms. The van der Waals surface area contributed by atoms with E-state index in [1.54, 1.807) is 4.40 Å². The SMILES string of the molecule is Cc1cc(C)cc(OCc2cc(=O)n3cc(C)sc3n2)c1. The third kappa shape index (κ3) is 2.97. The molecule has 0 aliphatic rings. The molecule has 0 atom stereocenters. The highest BCUT2D eigenvalue weighted by atomic mass is 32.1. The fourth-order valence-corrected chi connectivity index (χ4v) is 3.16. The Morgan fingerprint density at radius 2 is 1.86 bits per heavy atom. The van der Waals surface area contributed by atoms with Crippen LogP contribution in [0.25, 0.3) is 4.96 Å². The van der Waals surface area contributed by atoms with Gasteiger partial charge < -0.3 is 4.74 Å². The predicted octanol–water partition coefficient (Wildman–Crippen LogP) is 3.26. The van der Waals surface area contributed by atoms with Crippen LogP contribution in [-0.4, -0.2) is 9.38 Å². The number of fused-ring (bicyclic) bond motifs is 1. The molecule has 0 aliphatic carbocycles. The fraction of sp³-hybridized carbons (Fsp3) is 0.250. The Morgan fingerprint density at radius 3 is 2.57 bits per heavy atom.